The number of ether oxygens (including phenoxy) is 1. The second-order valence-corrected chi connectivity index (χ2v) is 6.20. The van der Waals surface area contributed by atoms with Crippen LogP contribution < -0.4 is 0 Å². The molecular weight excluding hydrogens is 332 g/mol. The van der Waals surface area contributed by atoms with Crippen LogP contribution in [0.4, 0.5) is 4.79 Å². The van der Waals surface area contributed by atoms with Gasteiger partial charge in [0.2, 0.25) is 5.91 Å². The van der Waals surface area contributed by atoms with Gasteiger partial charge in [0.1, 0.15) is 0 Å². The number of hydrogen-bond donors (Lipinski definition) is 0. The van der Waals surface area contributed by atoms with E-state index in [-0.39, 0.29) is 24.5 Å². The number of amides is 3. The molecule has 0 N–H and O–H groups in total. The number of piperidine rings is 1. The number of halogens is 1. The molecule has 0 spiro atoms. The van der Waals surface area contributed by atoms with Crippen LogP contribution in [0.5, 0.6) is 0 Å². The lowest BCUT2D eigenvalue weighted by atomic mass is 10.0. The van der Waals surface area contributed by atoms with Crippen LogP contribution in [0.15, 0.2) is 30.3 Å². The lowest BCUT2D eigenvalue weighted by molar-refractivity contribution is -0.129. The summed E-state index contributed by atoms with van der Waals surface area (Å²) in [5, 5.41) is 0.649. The molecule has 1 aromatic rings. The fourth-order valence-electron chi connectivity index (χ4n) is 2.91. The van der Waals surface area contributed by atoms with Gasteiger partial charge in [-0.25, -0.2) is 9.69 Å². The van der Waals surface area contributed by atoms with E-state index < -0.39 is 6.09 Å². The first-order valence-corrected chi connectivity index (χ1v) is 8.14. The second-order valence-electron chi connectivity index (χ2n) is 5.76. The number of nitrogens with zero attached hydrogens (tertiary/aromatic N) is 2. The van der Waals surface area contributed by atoms with Crippen LogP contribution in [-0.4, -0.2) is 53.4 Å². The Morgan fingerprint density at radius 2 is 1.83 bits per heavy atom. The topological polar surface area (TPSA) is 66.9 Å². The fourth-order valence-corrected chi connectivity index (χ4v) is 3.03. The molecule has 2 saturated heterocycles. The van der Waals surface area contributed by atoms with Gasteiger partial charge in [-0.3, -0.25) is 9.59 Å². The van der Waals surface area contributed by atoms with Crippen LogP contribution in [0.2, 0.25) is 5.02 Å². The van der Waals surface area contributed by atoms with Gasteiger partial charge >= 0.3 is 6.09 Å². The first-order chi connectivity index (χ1) is 11.5. The molecule has 3 amide bonds. The molecule has 2 heterocycles. The smallest absolute Gasteiger partial charge is 0.417 e. The molecule has 2 aliphatic rings. The summed E-state index contributed by atoms with van der Waals surface area (Å²) in [5.74, 6) is -0.383. The number of cyclic esters (lactones) is 1. The fraction of sp³-hybridized carbons (Fsp3) is 0.353. The lowest BCUT2D eigenvalue weighted by Gasteiger charge is -2.34. The maximum atomic E-state index is 12.2. The predicted molar refractivity (Wildman–Crippen MR) is 88.3 cm³/mol. The van der Waals surface area contributed by atoms with Gasteiger partial charge in [0.25, 0.3) is 5.91 Å². The lowest BCUT2D eigenvalue weighted by Crippen LogP contribution is -2.48. The summed E-state index contributed by atoms with van der Waals surface area (Å²) in [5.41, 5.74) is 0.896. The minimum absolute atomic E-state index is 0.0845. The first-order valence-electron chi connectivity index (χ1n) is 7.76. The molecule has 24 heavy (non-hydrogen) atoms. The highest BCUT2D eigenvalue weighted by molar-refractivity contribution is 6.30. The van der Waals surface area contributed by atoms with Crippen molar-refractivity contribution in [2.45, 2.75) is 18.9 Å². The number of carbonyl (C=O) groups is 3. The molecule has 0 unspecified atom stereocenters. The molecule has 2 aliphatic heterocycles. The van der Waals surface area contributed by atoms with Gasteiger partial charge in [-0.2, -0.15) is 0 Å². The Kier molecular flexibility index (Phi) is 4.85. The van der Waals surface area contributed by atoms with E-state index in [2.05, 4.69) is 0 Å². The van der Waals surface area contributed by atoms with Crippen LogP contribution in [0, 0.1) is 0 Å². The number of likely N-dealkylation sites (tertiary alicyclic amines) is 1. The summed E-state index contributed by atoms with van der Waals surface area (Å²) in [6.07, 6.45) is 3.83. The first kappa shape index (κ1) is 16.5. The zero-order valence-corrected chi connectivity index (χ0v) is 13.7. The largest absolute Gasteiger partial charge is 0.439 e. The van der Waals surface area contributed by atoms with Gasteiger partial charge in [0, 0.05) is 30.2 Å². The number of carbonyl (C=O) groups excluding carboxylic acids is 3. The average molecular weight is 349 g/mol. The molecule has 0 radical (unpaired) electrons. The van der Waals surface area contributed by atoms with Crippen LogP contribution in [0.3, 0.4) is 0 Å². The van der Waals surface area contributed by atoms with Crippen LogP contribution in [-0.2, 0) is 14.3 Å². The van der Waals surface area contributed by atoms with Crippen molar-refractivity contribution in [3.63, 3.8) is 0 Å². The third kappa shape index (κ3) is 3.59. The van der Waals surface area contributed by atoms with E-state index in [1.54, 1.807) is 23.1 Å². The molecule has 0 saturated carbocycles. The predicted octanol–water partition coefficient (Wildman–Crippen LogP) is 2.32. The van der Waals surface area contributed by atoms with Crippen molar-refractivity contribution in [1.82, 2.24) is 9.80 Å². The Bertz CT molecular complexity index is 662. The van der Waals surface area contributed by atoms with E-state index in [1.165, 1.54) is 11.0 Å². The Labute approximate surface area is 144 Å². The highest BCUT2D eigenvalue weighted by Gasteiger charge is 2.38. The van der Waals surface area contributed by atoms with Crippen LogP contribution >= 0.6 is 11.6 Å². The maximum Gasteiger partial charge on any atom is 0.417 e. The zero-order chi connectivity index (χ0) is 17.1. The Morgan fingerprint density at radius 3 is 2.42 bits per heavy atom. The average Bonchev–Trinajstić information content (AvgIpc) is 2.93. The number of imide groups is 1. The summed E-state index contributed by atoms with van der Waals surface area (Å²) >= 11 is 5.82. The number of benzene rings is 1. The molecule has 7 heteroatoms. The van der Waals surface area contributed by atoms with Crippen molar-refractivity contribution in [3.05, 3.63) is 40.9 Å². The van der Waals surface area contributed by atoms with Gasteiger partial charge in [-0.15, -0.1) is 0 Å². The molecule has 0 aromatic heterocycles. The van der Waals surface area contributed by atoms with Crippen molar-refractivity contribution >= 4 is 35.6 Å². The van der Waals surface area contributed by atoms with Crippen molar-refractivity contribution < 1.29 is 19.1 Å². The molecule has 0 bridgehead atoms. The molecule has 1 aromatic carbocycles. The minimum Gasteiger partial charge on any atom is -0.439 e. The van der Waals surface area contributed by atoms with Crippen molar-refractivity contribution in [2.75, 3.05) is 19.7 Å². The molecule has 126 valence electrons. The van der Waals surface area contributed by atoms with Gasteiger partial charge in [0.15, 0.2) is 6.61 Å². The van der Waals surface area contributed by atoms with Crippen molar-refractivity contribution in [2.24, 2.45) is 0 Å². The van der Waals surface area contributed by atoms with E-state index >= 15 is 0 Å². The molecule has 3 rings (SSSR count). The van der Waals surface area contributed by atoms with E-state index in [1.807, 2.05) is 12.1 Å². The number of hydrogen-bond acceptors (Lipinski definition) is 4. The van der Waals surface area contributed by atoms with Gasteiger partial charge in [0.05, 0.1) is 0 Å². The quantitative estimate of drug-likeness (QED) is 0.786. The standard InChI is InChI=1S/C17H17ClN2O4/c18-13-4-1-12(2-5-13)3-6-15(21)19-9-7-14(8-10-19)20-16(22)11-24-17(20)23/h1-6,14H,7-11H2/b6-3+. The highest BCUT2D eigenvalue weighted by Crippen LogP contribution is 2.21. The molecule has 2 fully saturated rings. The highest BCUT2D eigenvalue weighted by atomic mass is 35.5. The molecular formula is C17H17ClN2O4. The summed E-state index contributed by atoms with van der Waals surface area (Å²) in [6.45, 7) is 0.832. The van der Waals surface area contributed by atoms with Gasteiger partial charge < -0.3 is 9.64 Å². The van der Waals surface area contributed by atoms with Crippen molar-refractivity contribution in [3.8, 4) is 0 Å². The normalized spacial score (nSPS) is 19.2. The summed E-state index contributed by atoms with van der Waals surface area (Å²) in [6, 6.07) is 7.02. The minimum atomic E-state index is -0.576. The van der Waals surface area contributed by atoms with Crippen LogP contribution in [0.1, 0.15) is 18.4 Å². The summed E-state index contributed by atoms with van der Waals surface area (Å²) < 4.78 is 4.74. The van der Waals surface area contributed by atoms with E-state index in [0.717, 1.165) is 5.56 Å². The van der Waals surface area contributed by atoms with Gasteiger partial charge in [-0.05, 0) is 36.6 Å². The Hall–Kier alpha value is -2.34. The summed E-state index contributed by atoms with van der Waals surface area (Å²) in [4.78, 5) is 38.4. The van der Waals surface area contributed by atoms with Crippen LogP contribution in [0.25, 0.3) is 6.08 Å². The third-order valence-electron chi connectivity index (χ3n) is 4.21. The van der Waals surface area contributed by atoms with E-state index in [9.17, 15) is 14.4 Å². The summed E-state index contributed by atoms with van der Waals surface area (Å²) in [7, 11) is 0. The zero-order valence-electron chi connectivity index (χ0n) is 13.0. The van der Waals surface area contributed by atoms with Gasteiger partial charge in [-0.1, -0.05) is 23.7 Å². The monoisotopic (exact) mass is 348 g/mol. The van der Waals surface area contributed by atoms with E-state index in [4.69, 9.17) is 16.3 Å². The SMILES string of the molecule is O=C(/C=C/c1ccc(Cl)cc1)N1CCC(N2C(=O)COC2=O)CC1. The second kappa shape index (κ2) is 7.05. The Balaban J connectivity index is 1.54. The number of rotatable bonds is 3. The molecule has 0 atom stereocenters. The maximum absolute atomic E-state index is 12.2. The third-order valence-corrected chi connectivity index (χ3v) is 4.47. The Morgan fingerprint density at radius 1 is 1.17 bits per heavy atom. The molecule has 0 aliphatic carbocycles. The molecule has 6 nitrogen and oxygen atoms in total. The van der Waals surface area contributed by atoms with E-state index in [0.29, 0.717) is 31.0 Å². The van der Waals surface area contributed by atoms with Crippen molar-refractivity contribution in [1.29, 1.82) is 0 Å².